The van der Waals surface area contributed by atoms with Gasteiger partial charge in [0, 0.05) is 26.2 Å². The number of likely N-dealkylation sites (N-methyl/N-ethyl adjacent to an activating group) is 1. The lowest BCUT2D eigenvalue weighted by atomic mass is 10.0. The smallest absolute Gasteiger partial charge is 0.0589 e. The van der Waals surface area contributed by atoms with Gasteiger partial charge in [-0.2, -0.15) is 0 Å². The first-order valence-electron chi connectivity index (χ1n) is 8.23. The molecule has 1 unspecified atom stereocenters. The summed E-state index contributed by atoms with van der Waals surface area (Å²) in [5.74, 6) is 0. The van der Waals surface area contributed by atoms with Gasteiger partial charge >= 0.3 is 0 Å². The first-order chi connectivity index (χ1) is 10.2. The molecule has 21 heavy (non-hydrogen) atoms. The highest BCUT2D eigenvalue weighted by molar-refractivity contribution is 5.27. The predicted molar refractivity (Wildman–Crippen MR) is 90.7 cm³/mol. The Morgan fingerprint density at radius 3 is 2.52 bits per heavy atom. The van der Waals surface area contributed by atoms with E-state index in [2.05, 4.69) is 55.3 Å². The summed E-state index contributed by atoms with van der Waals surface area (Å²) < 4.78 is 5.26. The Bertz CT molecular complexity index is 381. The topological polar surface area (TPSA) is 24.5 Å². The molecule has 0 fully saturated rings. The normalized spacial score (nSPS) is 12.8. The molecule has 1 aromatic rings. The molecule has 0 aliphatic heterocycles. The number of hydrogen-bond acceptors (Lipinski definition) is 3. The Hall–Kier alpha value is -0.900. The van der Waals surface area contributed by atoms with Gasteiger partial charge in [0.15, 0.2) is 0 Å². The number of methoxy groups -OCH3 is 1. The van der Waals surface area contributed by atoms with Crippen LogP contribution in [-0.2, 0) is 17.7 Å². The largest absolute Gasteiger partial charge is 0.383 e. The summed E-state index contributed by atoms with van der Waals surface area (Å²) in [6.45, 7) is 11.6. The van der Waals surface area contributed by atoms with E-state index >= 15 is 0 Å². The second-order valence-corrected chi connectivity index (χ2v) is 5.59. The Morgan fingerprint density at radius 2 is 1.90 bits per heavy atom. The molecular formula is C18H32N2O. The lowest BCUT2D eigenvalue weighted by Crippen LogP contribution is -2.35. The van der Waals surface area contributed by atoms with Gasteiger partial charge in [-0.05, 0) is 44.0 Å². The van der Waals surface area contributed by atoms with Crippen molar-refractivity contribution in [2.24, 2.45) is 0 Å². The number of rotatable bonds is 11. The van der Waals surface area contributed by atoms with Crippen molar-refractivity contribution in [3.05, 3.63) is 35.4 Å². The van der Waals surface area contributed by atoms with E-state index in [4.69, 9.17) is 4.74 Å². The van der Waals surface area contributed by atoms with Crippen molar-refractivity contribution < 1.29 is 4.74 Å². The molecule has 0 aliphatic carbocycles. The lowest BCUT2D eigenvalue weighted by Gasteiger charge is -2.29. The minimum absolute atomic E-state index is 0.585. The number of benzene rings is 1. The third-order valence-electron chi connectivity index (χ3n) is 4.11. The third kappa shape index (κ3) is 6.60. The van der Waals surface area contributed by atoms with Crippen LogP contribution in [-0.4, -0.2) is 44.3 Å². The summed E-state index contributed by atoms with van der Waals surface area (Å²) in [6.07, 6.45) is 2.27. The number of ether oxygens (including phenoxy) is 1. The highest BCUT2D eigenvalue weighted by Gasteiger charge is 2.14. The first-order valence-corrected chi connectivity index (χ1v) is 8.23. The quantitative estimate of drug-likeness (QED) is 0.634. The van der Waals surface area contributed by atoms with Gasteiger partial charge in [-0.3, -0.25) is 4.90 Å². The molecule has 0 radical (unpaired) electrons. The van der Waals surface area contributed by atoms with E-state index in [0.29, 0.717) is 6.04 Å². The Balaban J connectivity index is 2.72. The van der Waals surface area contributed by atoms with E-state index in [9.17, 15) is 0 Å². The molecule has 1 N–H and O–H groups in total. The third-order valence-corrected chi connectivity index (χ3v) is 4.11. The molecule has 1 atom stereocenters. The van der Waals surface area contributed by atoms with Gasteiger partial charge in [-0.1, -0.05) is 38.1 Å². The molecule has 3 heteroatoms. The monoisotopic (exact) mass is 292 g/mol. The zero-order chi connectivity index (χ0) is 15.5. The van der Waals surface area contributed by atoms with Crippen LogP contribution < -0.4 is 5.32 Å². The van der Waals surface area contributed by atoms with Crippen molar-refractivity contribution in [1.82, 2.24) is 10.2 Å². The van der Waals surface area contributed by atoms with E-state index in [-0.39, 0.29) is 0 Å². The molecule has 0 aliphatic rings. The fourth-order valence-electron chi connectivity index (χ4n) is 2.50. The number of nitrogens with one attached hydrogen (secondary N) is 1. The van der Waals surface area contributed by atoms with Crippen LogP contribution in [0.4, 0.5) is 0 Å². The van der Waals surface area contributed by atoms with E-state index in [1.807, 2.05) is 0 Å². The lowest BCUT2D eigenvalue weighted by molar-refractivity contribution is 0.118. The summed E-state index contributed by atoms with van der Waals surface area (Å²) in [5.41, 5.74) is 2.91. The molecule has 1 aromatic carbocycles. The SMILES string of the molecule is CCNCCc1ccccc1CN(CCOC)C(C)CC. The molecular weight excluding hydrogens is 260 g/mol. The summed E-state index contributed by atoms with van der Waals surface area (Å²) in [4.78, 5) is 2.52. The van der Waals surface area contributed by atoms with Crippen molar-refractivity contribution in [2.45, 2.75) is 46.2 Å². The average Bonchev–Trinajstić information content (AvgIpc) is 2.52. The highest BCUT2D eigenvalue weighted by Crippen LogP contribution is 2.15. The van der Waals surface area contributed by atoms with Gasteiger partial charge in [-0.15, -0.1) is 0 Å². The number of nitrogens with zero attached hydrogens (tertiary/aromatic N) is 1. The molecule has 0 aromatic heterocycles. The standard InChI is InChI=1S/C18H32N2O/c1-5-16(3)20(13-14-21-4)15-18-10-8-7-9-17(18)11-12-19-6-2/h7-10,16,19H,5-6,11-15H2,1-4H3. The van der Waals surface area contributed by atoms with Crippen LogP contribution in [0.3, 0.4) is 0 Å². The van der Waals surface area contributed by atoms with Gasteiger partial charge < -0.3 is 10.1 Å². The van der Waals surface area contributed by atoms with Gasteiger partial charge in [0.2, 0.25) is 0 Å². The molecule has 120 valence electrons. The summed E-state index contributed by atoms with van der Waals surface area (Å²) in [6, 6.07) is 9.41. The Morgan fingerprint density at radius 1 is 1.19 bits per heavy atom. The second kappa shape index (κ2) is 10.8. The first kappa shape index (κ1) is 18.1. The van der Waals surface area contributed by atoms with Gasteiger partial charge in [0.1, 0.15) is 0 Å². The molecule has 1 rings (SSSR count). The van der Waals surface area contributed by atoms with Crippen LogP contribution in [0, 0.1) is 0 Å². The number of hydrogen-bond donors (Lipinski definition) is 1. The molecule has 0 spiro atoms. The van der Waals surface area contributed by atoms with E-state index in [1.54, 1.807) is 7.11 Å². The average molecular weight is 292 g/mol. The minimum atomic E-state index is 0.585. The molecule has 0 bridgehead atoms. The zero-order valence-electron chi connectivity index (χ0n) is 14.2. The highest BCUT2D eigenvalue weighted by atomic mass is 16.5. The van der Waals surface area contributed by atoms with Crippen LogP contribution in [0.2, 0.25) is 0 Å². The molecule has 3 nitrogen and oxygen atoms in total. The zero-order valence-corrected chi connectivity index (χ0v) is 14.2. The fraction of sp³-hybridized carbons (Fsp3) is 0.667. The maximum atomic E-state index is 5.26. The summed E-state index contributed by atoms with van der Waals surface area (Å²) >= 11 is 0. The fourth-order valence-corrected chi connectivity index (χ4v) is 2.50. The van der Waals surface area contributed by atoms with Gasteiger partial charge in [0.05, 0.1) is 6.61 Å². The van der Waals surface area contributed by atoms with E-state index < -0.39 is 0 Å². The van der Waals surface area contributed by atoms with Crippen molar-refractivity contribution in [1.29, 1.82) is 0 Å². The molecule has 0 saturated heterocycles. The Labute approximate surface area is 130 Å². The van der Waals surface area contributed by atoms with E-state index in [0.717, 1.165) is 39.2 Å². The van der Waals surface area contributed by atoms with Crippen LogP contribution in [0.5, 0.6) is 0 Å². The van der Waals surface area contributed by atoms with Crippen LogP contribution in [0.15, 0.2) is 24.3 Å². The second-order valence-electron chi connectivity index (χ2n) is 5.59. The molecule has 0 saturated carbocycles. The van der Waals surface area contributed by atoms with Crippen LogP contribution >= 0.6 is 0 Å². The van der Waals surface area contributed by atoms with Crippen molar-refractivity contribution >= 4 is 0 Å². The predicted octanol–water partition coefficient (Wildman–Crippen LogP) is 3.09. The van der Waals surface area contributed by atoms with E-state index in [1.165, 1.54) is 17.5 Å². The summed E-state index contributed by atoms with van der Waals surface area (Å²) in [5, 5.41) is 3.41. The molecule has 0 amide bonds. The van der Waals surface area contributed by atoms with Crippen molar-refractivity contribution in [2.75, 3.05) is 33.4 Å². The molecule has 0 heterocycles. The van der Waals surface area contributed by atoms with Crippen LogP contribution in [0.1, 0.15) is 38.3 Å². The van der Waals surface area contributed by atoms with Gasteiger partial charge in [0.25, 0.3) is 0 Å². The summed E-state index contributed by atoms with van der Waals surface area (Å²) in [7, 11) is 1.78. The maximum absolute atomic E-state index is 5.26. The Kier molecular flexibility index (Phi) is 9.31. The van der Waals surface area contributed by atoms with Crippen molar-refractivity contribution in [3.63, 3.8) is 0 Å². The maximum Gasteiger partial charge on any atom is 0.0589 e. The van der Waals surface area contributed by atoms with Crippen molar-refractivity contribution in [3.8, 4) is 0 Å². The van der Waals surface area contributed by atoms with Crippen LogP contribution in [0.25, 0.3) is 0 Å². The minimum Gasteiger partial charge on any atom is -0.383 e. The van der Waals surface area contributed by atoms with Gasteiger partial charge in [-0.25, -0.2) is 0 Å².